The number of likely N-dealkylation sites (tertiary alicyclic amines) is 1. The molecule has 1 aliphatic carbocycles. The lowest BCUT2D eigenvalue weighted by Gasteiger charge is -2.32. The number of benzene rings is 1. The number of carboxylic acid groups (broad SMARTS) is 1. The first kappa shape index (κ1) is 17.6. The fraction of sp³-hybridized carbons (Fsp3) is 0.556. The van der Waals surface area contributed by atoms with Crippen LogP contribution in [0.3, 0.4) is 0 Å². The van der Waals surface area contributed by atoms with E-state index in [4.69, 9.17) is 23.2 Å². The molecule has 6 heteroatoms. The number of carbonyl (C=O) groups is 2. The lowest BCUT2D eigenvalue weighted by atomic mass is 9.80. The topological polar surface area (TPSA) is 57.6 Å². The third-order valence-corrected chi connectivity index (χ3v) is 5.98. The Balaban J connectivity index is 1.76. The number of aliphatic carboxylic acids is 1. The molecule has 0 radical (unpaired) electrons. The van der Waals surface area contributed by atoms with Gasteiger partial charge in [0.2, 0.25) is 5.91 Å². The molecule has 3 rings (SSSR count). The van der Waals surface area contributed by atoms with Crippen molar-refractivity contribution in [3.8, 4) is 0 Å². The number of carboxylic acids is 1. The molecule has 2 aliphatic rings. The Morgan fingerprint density at radius 1 is 1.04 bits per heavy atom. The van der Waals surface area contributed by atoms with Gasteiger partial charge in [0.15, 0.2) is 0 Å². The van der Waals surface area contributed by atoms with Crippen molar-refractivity contribution < 1.29 is 14.7 Å². The smallest absolute Gasteiger partial charge is 0.306 e. The lowest BCUT2D eigenvalue weighted by Crippen LogP contribution is -2.38. The number of amides is 1. The van der Waals surface area contributed by atoms with E-state index in [1.807, 2.05) is 17.0 Å². The molecule has 1 heterocycles. The van der Waals surface area contributed by atoms with Crippen molar-refractivity contribution in [2.75, 3.05) is 6.54 Å². The van der Waals surface area contributed by atoms with Gasteiger partial charge in [-0.2, -0.15) is 0 Å². The van der Waals surface area contributed by atoms with E-state index in [1.165, 1.54) is 0 Å². The van der Waals surface area contributed by atoms with E-state index in [-0.39, 0.29) is 17.9 Å². The number of rotatable bonds is 3. The van der Waals surface area contributed by atoms with Crippen LogP contribution in [0, 0.1) is 11.8 Å². The minimum Gasteiger partial charge on any atom is -0.481 e. The summed E-state index contributed by atoms with van der Waals surface area (Å²) in [6, 6.07) is 5.53. The number of nitrogens with zero attached hydrogens (tertiary/aromatic N) is 1. The summed E-state index contributed by atoms with van der Waals surface area (Å²) in [5.74, 6) is -1.26. The maximum absolute atomic E-state index is 13.0. The quantitative estimate of drug-likeness (QED) is 0.849. The summed E-state index contributed by atoms with van der Waals surface area (Å²) in [5, 5.41) is 10.2. The predicted molar refractivity (Wildman–Crippen MR) is 93.2 cm³/mol. The van der Waals surface area contributed by atoms with Gasteiger partial charge in [-0.1, -0.05) is 35.7 Å². The fourth-order valence-electron chi connectivity index (χ4n) is 3.97. The molecule has 0 aromatic heterocycles. The molecule has 1 N–H and O–H groups in total. The molecule has 1 amide bonds. The Hall–Kier alpha value is -1.26. The van der Waals surface area contributed by atoms with Crippen LogP contribution in [0.25, 0.3) is 0 Å². The van der Waals surface area contributed by atoms with Gasteiger partial charge in [0.05, 0.1) is 22.0 Å². The van der Waals surface area contributed by atoms with Crippen molar-refractivity contribution in [1.82, 2.24) is 4.90 Å². The zero-order valence-electron chi connectivity index (χ0n) is 13.4. The standard InChI is InChI=1S/C18H21Cl2NO3/c19-14-7-6-11(10-15(14)20)16-5-2-8-21(16)17(22)12-3-1-4-13(9-12)18(23)24/h6-7,10,12-13,16H,1-5,8-9H2,(H,23,24). The third kappa shape index (κ3) is 3.55. The molecule has 4 nitrogen and oxygen atoms in total. The second-order valence-electron chi connectivity index (χ2n) is 6.76. The first-order valence-electron chi connectivity index (χ1n) is 8.45. The van der Waals surface area contributed by atoms with Gasteiger partial charge in [0, 0.05) is 12.5 Å². The van der Waals surface area contributed by atoms with Crippen molar-refractivity contribution in [1.29, 1.82) is 0 Å². The molecule has 1 aromatic carbocycles. The molecular weight excluding hydrogens is 349 g/mol. The van der Waals surface area contributed by atoms with E-state index >= 15 is 0 Å². The van der Waals surface area contributed by atoms with Crippen LogP contribution in [-0.4, -0.2) is 28.4 Å². The Bertz CT molecular complexity index is 649. The highest BCUT2D eigenvalue weighted by Crippen LogP contribution is 2.38. The van der Waals surface area contributed by atoms with Crippen molar-refractivity contribution in [2.45, 2.75) is 44.6 Å². The summed E-state index contributed by atoms with van der Waals surface area (Å²) in [6.07, 6.45) is 4.57. The van der Waals surface area contributed by atoms with Crippen molar-refractivity contribution in [2.24, 2.45) is 11.8 Å². The normalized spacial score (nSPS) is 27.2. The molecule has 1 saturated carbocycles. The van der Waals surface area contributed by atoms with Gasteiger partial charge in [-0.3, -0.25) is 9.59 Å². The number of carbonyl (C=O) groups excluding carboxylic acids is 1. The van der Waals surface area contributed by atoms with Crippen LogP contribution in [0.4, 0.5) is 0 Å². The van der Waals surface area contributed by atoms with Crippen molar-refractivity contribution >= 4 is 35.1 Å². The molecular formula is C18H21Cl2NO3. The largest absolute Gasteiger partial charge is 0.481 e. The van der Waals surface area contributed by atoms with E-state index < -0.39 is 11.9 Å². The summed E-state index contributed by atoms with van der Waals surface area (Å²) in [6.45, 7) is 0.720. The maximum atomic E-state index is 13.0. The fourth-order valence-corrected chi connectivity index (χ4v) is 4.28. The minimum absolute atomic E-state index is 0.0115. The molecule has 1 aliphatic heterocycles. The van der Waals surface area contributed by atoms with Gasteiger partial charge >= 0.3 is 5.97 Å². The Morgan fingerprint density at radius 3 is 2.50 bits per heavy atom. The molecule has 24 heavy (non-hydrogen) atoms. The molecule has 1 aromatic rings. The van der Waals surface area contributed by atoms with Crippen LogP contribution in [-0.2, 0) is 9.59 Å². The molecule has 2 fully saturated rings. The first-order chi connectivity index (χ1) is 11.5. The zero-order valence-corrected chi connectivity index (χ0v) is 14.9. The molecule has 0 spiro atoms. The van der Waals surface area contributed by atoms with Gasteiger partial charge in [-0.05, 0) is 49.8 Å². The summed E-state index contributed by atoms with van der Waals surface area (Å²) < 4.78 is 0. The van der Waals surface area contributed by atoms with Crippen molar-refractivity contribution in [3.63, 3.8) is 0 Å². The SMILES string of the molecule is O=C(O)C1CCCC(C(=O)N2CCCC2c2ccc(Cl)c(Cl)c2)C1. The monoisotopic (exact) mass is 369 g/mol. The average Bonchev–Trinajstić information content (AvgIpc) is 3.06. The van der Waals surface area contributed by atoms with E-state index in [9.17, 15) is 14.7 Å². The zero-order chi connectivity index (χ0) is 17.3. The van der Waals surface area contributed by atoms with Crippen molar-refractivity contribution in [3.05, 3.63) is 33.8 Å². The van der Waals surface area contributed by atoms with Crippen LogP contribution >= 0.6 is 23.2 Å². The highest BCUT2D eigenvalue weighted by atomic mass is 35.5. The molecule has 0 bridgehead atoms. The highest BCUT2D eigenvalue weighted by Gasteiger charge is 2.37. The second-order valence-corrected chi connectivity index (χ2v) is 7.58. The summed E-state index contributed by atoms with van der Waals surface area (Å²) in [4.78, 5) is 26.1. The Kier molecular flexibility index (Phi) is 5.36. The summed E-state index contributed by atoms with van der Waals surface area (Å²) in [5.41, 5.74) is 1.00. The van der Waals surface area contributed by atoms with Gasteiger partial charge in [-0.25, -0.2) is 0 Å². The summed E-state index contributed by atoms with van der Waals surface area (Å²) in [7, 11) is 0. The molecule has 1 saturated heterocycles. The van der Waals surface area contributed by atoms with Crippen LogP contribution in [0.5, 0.6) is 0 Å². The van der Waals surface area contributed by atoms with E-state index in [1.54, 1.807) is 6.07 Å². The average molecular weight is 370 g/mol. The van der Waals surface area contributed by atoms with Gasteiger partial charge in [-0.15, -0.1) is 0 Å². The van der Waals surface area contributed by atoms with Gasteiger partial charge in [0.1, 0.15) is 0 Å². The maximum Gasteiger partial charge on any atom is 0.306 e. The minimum atomic E-state index is -0.782. The van der Waals surface area contributed by atoms with E-state index in [0.29, 0.717) is 22.9 Å². The van der Waals surface area contributed by atoms with Crippen LogP contribution in [0.1, 0.15) is 50.1 Å². The van der Waals surface area contributed by atoms with E-state index in [0.717, 1.165) is 37.8 Å². The van der Waals surface area contributed by atoms with E-state index in [2.05, 4.69) is 0 Å². The molecule has 130 valence electrons. The Labute approximate surface area is 151 Å². The number of hydrogen-bond donors (Lipinski definition) is 1. The number of hydrogen-bond acceptors (Lipinski definition) is 2. The number of halogens is 2. The van der Waals surface area contributed by atoms with Gasteiger partial charge in [0.25, 0.3) is 0 Å². The predicted octanol–water partition coefficient (Wildman–Crippen LogP) is 4.55. The molecule has 3 atom stereocenters. The van der Waals surface area contributed by atoms with Gasteiger partial charge < -0.3 is 10.0 Å². The van der Waals surface area contributed by atoms with Crippen LogP contribution in [0.2, 0.25) is 10.0 Å². The lowest BCUT2D eigenvalue weighted by molar-refractivity contribution is -0.145. The molecule has 3 unspecified atom stereocenters. The first-order valence-corrected chi connectivity index (χ1v) is 9.21. The van der Waals surface area contributed by atoms with Crippen LogP contribution < -0.4 is 0 Å². The highest BCUT2D eigenvalue weighted by molar-refractivity contribution is 6.42. The van der Waals surface area contributed by atoms with Crippen LogP contribution in [0.15, 0.2) is 18.2 Å². The Morgan fingerprint density at radius 2 is 1.79 bits per heavy atom. The summed E-state index contributed by atoms with van der Waals surface area (Å²) >= 11 is 12.1. The second kappa shape index (κ2) is 7.32. The third-order valence-electron chi connectivity index (χ3n) is 5.24.